The van der Waals surface area contributed by atoms with Crippen molar-refractivity contribution in [3.8, 4) is 22.3 Å². The van der Waals surface area contributed by atoms with E-state index in [1.165, 1.54) is 55.2 Å². The molecule has 1 aliphatic carbocycles. The molecule has 1 aliphatic rings. The first-order valence-corrected chi connectivity index (χ1v) is 9.49. The molecule has 4 aromatic carbocycles. The molecular weight excluding hydrogens is 326 g/mol. The van der Waals surface area contributed by atoms with Crippen LogP contribution in [0.2, 0.25) is 0 Å². The quantitative estimate of drug-likeness (QED) is 0.318. The first-order valence-electron chi connectivity index (χ1n) is 9.49. The summed E-state index contributed by atoms with van der Waals surface area (Å²) in [7, 11) is 2.17. The second-order valence-corrected chi connectivity index (χ2v) is 7.47. The third-order valence-electron chi connectivity index (χ3n) is 6.08. The number of hydrogen-bond acceptors (Lipinski definition) is 0. The van der Waals surface area contributed by atoms with E-state index in [1.54, 1.807) is 0 Å². The summed E-state index contributed by atoms with van der Waals surface area (Å²) in [6.45, 7) is 0. The Hall–Kier alpha value is -3.32. The van der Waals surface area contributed by atoms with Crippen LogP contribution in [0.15, 0.2) is 84.9 Å². The number of aromatic nitrogens is 1. The van der Waals surface area contributed by atoms with Crippen LogP contribution in [0.4, 0.5) is 0 Å². The summed E-state index contributed by atoms with van der Waals surface area (Å²) in [6, 6.07) is 31.1. The van der Waals surface area contributed by atoms with Gasteiger partial charge in [0.1, 0.15) is 0 Å². The highest BCUT2D eigenvalue weighted by Crippen LogP contribution is 2.42. The van der Waals surface area contributed by atoms with E-state index in [0.717, 1.165) is 6.42 Å². The van der Waals surface area contributed by atoms with Gasteiger partial charge in [0.2, 0.25) is 0 Å². The van der Waals surface area contributed by atoms with Gasteiger partial charge >= 0.3 is 0 Å². The van der Waals surface area contributed by atoms with E-state index in [1.807, 2.05) is 0 Å². The second kappa shape index (κ2) is 5.34. The molecule has 5 aromatic rings. The number of benzene rings is 4. The van der Waals surface area contributed by atoms with Gasteiger partial charge in [-0.25, -0.2) is 0 Å². The highest BCUT2D eigenvalue weighted by molar-refractivity contribution is 6.09. The molecule has 1 nitrogen and oxygen atoms in total. The summed E-state index contributed by atoms with van der Waals surface area (Å²) >= 11 is 0. The van der Waals surface area contributed by atoms with E-state index < -0.39 is 0 Å². The van der Waals surface area contributed by atoms with E-state index >= 15 is 0 Å². The van der Waals surface area contributed by atoms with Crippen molar-refractivity contribution in [2.45, 2.75) is 6.42 Å². The number of nitrogens with zero attached hydrogens (tertiary/aromatic N) is 1. The predicted molar refractivity (Wildman–Crippen MR) is 114 cm³/mol. The topological polar surface area (TPSA) is 4.93 Å². The van der Waals surface area contributed by atoms with Crippen LogP contribution in [0.1, 0.15) is 11.1 Å². The zero-order valence-electron chi connectivity index (χ0n) is 15.2. The Labute approximate surface area is 158 Å². The third-order valence-corrected chi connectivity index (χ3v) is 6.08. The summed E-state index contributed by atoms with van der Waals surface area (Å²) in [5, 5.41) is 2.65. The van der Waals surface area contributed by atoms with E-state index in [4.69, 9.17) is 0 Å². The molecule has 0 radical (unpaired) electrons. The minimum Gasteiger partial charge on any atom is -0.344 e. The monoisotopic (exact) mass is 345 g/mol. The Kier molecular flexibility index (Phi) is 2.93. The van der Waals surface area contributed by atoms with Gasteiger partial charge in [0.25, 0.3) is 0 Å². The average Bonchev–Trinajstić information content (AvgIpc) is 3.24. The van der Waals surface area contributed by atoms with E-state index in [2.05, 4.69) is 96.5 Å². The largest absolute Gasteiger partial charge is 0.344 e. The molecule has 0 aliphatic heterocycles. The Morgan fingerprint density at radius 3 is 2.33 bits per heavy atom. The summed E-state index contributed by atoms with van der Waals surface area (Å²) < 4.78 is 2.31. The van der Waals surface area contributed by atoms with Crippen molar-refractivity contribution in [1.82, 2.24) is 4.57 Å². The fourth-order valence-electron chi connectivity index (χ4n) is 4.76. The molecule has 0 atom stereocenters. The molecule has 0 fully saturated rings. The molecule has 128 valence electrons. The van der Waals surface area contributed by atoms with E-state index in [0.29, 0.717) is 0 Å². The van der Waals surface area contributed by atoms with Crippen molar-refractivity contribution in [3.05, 3.63) is 96.1 Å². The third kappa shape index (κ3) is 2.00. The van der Waals surface area contributed by atoms with Crippen LogP contribution in [0, 0.1) is 0 Å². The fourth-order valence-corrected chi connectivity index (χ4v) is 4.76. The number of rotatable bonds is 1. The Morgan fingerprint density at radius 2 is 1.37 bits per heavy atom. The smallest absolute Gasteiger partial charge is 0.0494 e. The molecule has 0 bridgehead atoms. The number of fused-ring (bicyclic) bond motifs is 6. The van der Waals surface area contributed by atoms with Crippen LogP contribution in [-0.2, 0) is 13.5 Å². The number of hydrogen-bond donors (Lipinski definition) is 0. The van der Waals surface area contributed by atoms with Crippen molar-refractivity contribution in [2.24, 2.45) is 7.05 Å². The normalized spacial score (nSPS) is 12.5. The molecule has 1 heterocycles. The number of aryl methyl sites for hydroxylation is 1. The van der Waals surface area contributed by atoms with Crippen LogP contribution in [0.3, 0.4) is 0 Å². The standard InChI is InChI=1S/C26H19N/c1-27-25-12-5-4-9-22(25)23-14-13-18(16-26(23)27)20-10-6-11-21-19-8-3-2-7-17(19)15-24(20)21/h2-14,16H,15H2,1H3. The Bertz CT molecular complexity index is 1350. The lowest BCUT2D eigenvalue weighted by Crippen LogP contribution is -1.90. The molecule has 0 unspecified atom stereocenters. The summed E-state index contributed by atoms with van der Waals surface area (Å²) in [4.78, 5) is 0. The molecule has 27 heavy (non-hydrogen) atoms. The molecular formula is C26H19N. The molecule has 6 rings (SSSR count). The van der Waals surface area contributed by atoms with Gasteiger partial charge in [-0.2, -0.15) is 0 Å². The van der Waals surface area contributed by atoms with Gasteiger partial charge in [-0.15, -0.1) is 0 Å². The zero-order chi connectivity index (χ0) is 18.0. The highest BCUT2D eigenvalue weighted by Gasteiger charge is 2.21. The molecule has 0 amide bonds. The van der Waals surface area contributed by atoms with Gasteiger partial charge < -0.3 is 4.57 Å². The fraction of sp³-hybridized carbons (Fsp3) is 0.0769. The van der Waals surface area contributed by atoms with E-state index in [9.17, 15) is 0 Å². The van der Waals surface area contributed by atoms with Crippen LogP contribution in [-0.4, -0.2) is 4.57 Å². The van der Waals surface area contributed by atoms with Gasteiger partial charge in [0, 0.05) is 28.9 Å². The lowest BCUT2D eigenvalue weighted by molar-refractivity contribution is 1.01. The van der Waals surface area contributed by atoms with Crippen molar-refractivity contribution in [3.63, 3.8) is 0 Å². The molecule has 0 spiro atoms. The lowest BCUT2D eigenvalue weighted by Gasteiger charge is -2.10. The SMILES string of the molecule is Cn1c2ccccc2c2ccc(-c3cccc4c3Cc3ccccc3-4)cc21. The average molecular weight is 345 g/mol. The van der Waals surface area contributed by atoms with Crippen LogP contribution in [0.5, 0.6) is 0 Å². The Balaban J connectivity index is 1.60. The molecule has 1 aromatic heterocycles. The van der Waals surface area contributed by atoms with Crippen molar-refractivity contribution >= 4 is 21.8 Å². The van der Waals surface area contributed by atoms with Crippen molar-refractivity contribution in [1.29, 1.82) is 0 Å². The maximum atomic E-state index is 2.36. The van der Waals surface area contributed by atoms with Crippen LogP contribution in [0.25, 0.3) is 44.1 Å². The minimum atomic E-state index is 1.02. The first kappa shape index (κ1) is 14.8. The summed E-state index contributed by atoms with van der Waals surface area (Å²) in [6.07, 6.45) is 1.02. The molecule has 1 heteroatoms. The molecule has 0 saturated carbocycles. The van der Waals surface area contributed by atoms with Crippen LogP contribution >= 0.6 is 0 Å². The van der Waals surface area contributed by atoms with Gasteiger partial charge in [-0.05, 0) is 51.9 Å². The maximum Gasteiger partial charge on any atom is 0.0494 e. The van der Waals surface area contributed by atoms with Crippen molar-refractivity contribution < 1.29 is 0 Å². The summed E-state index contributed by atoms with van der Waals surface area (Å²) in [5.74, 6) is 0. The maximum absolute atomic E-state index is 2.36. The minimum absolute atomic E-state index is 1.02. The summed E-state index contributed by atoms with van der Waals surface area (Å²) in [5.41, 5.74) is 10.9. The van der Waals surface area contributed by atoms with Crippen LogP contribution < -0.4 is 0 Å². The van der Waals surface area contributed by atoms with Gasteiger partial charge in [0.05, 0.1) is 0 Å². The van der Waals surface area contributed by atoms with Crippen molar-refractivity contribution in [2.75, 3.05) is 0 Å². The number of para-hydroxylation sites is 1. The van der Waals surface area contributed by atoms with Gasteiger partial charge in [-0.1, -0.05) is 72.8 Å². The predicted octanol–water partition coefficient (Wildman–Crippen LogP) is 6.57. The van der Waals surface area contributed by atoms with E-state index in [-0.39, 0.29) is 0 Å². The lowest BCUT2D eigenvalue weighted by atomic mass is 9.95. The molecule has 0 N–H and O–H groups in total. The second-order valence-electron chi connectivity index (χ2n) is 7.47. The molecule has 0 saturated heterocycles. The highest BCUT2D eigenvalue weighted by atomic mass is 14.9. The van der Waals surface area contributed by atoms with Gasteiger partial charge in [-0.3, -0.25) is 0 Å². The first-order chi connectivity index (χ1) is 13.3. The van der Waals surface area contributed by atoms with Gasteiger partial charge in [0.15, 0.2) is 0 Å². The zero-order valence-corrected chi connectivity index (χ0v) is 15.2. The Morgan fingerprint density at radius 1 is 0.630 bits per heavy atom.